The van der Waals surface area contributed by atoms with Gasteiger partial charge in [-0.15, -0.1) is 0 Å². The van der Waals surface area contributed by atoms with Crippen LogP contribution in [0, 0.1) is 30.1 Å². The summed E-state index contributed by atoms with van der Waals surface area (Å²) in [5.41, 5.74) is 1.31. The molecule has 2 aliphatic carbocycles. The van der Waals surface area contributed by atoms with Crippen molar-refractivity contribution in [1.29, 1.82) is 0 Å². The normalized spacial score (nSPS) is 31.2. The van der Waals surface area contributed by atoms with Crippen LogP contribution in [-0.2, 0) is 23.9 Å². The Morgan fingerprint density at radius 3 is 2.57 bits per heavy atom. The lowest BCUT2D eigenvalue weighted by atomic mass is 9.53. The van der Waals surface area contributed by atoms with Gasteiger partial charge in [0.2, 0.25) is 0 Å². The highest BCUT2D eigenvalue weighted by molar-refractivity contribution is 5.88. The van der Waals surface area contributed by atoms with E-state index in [1.807, 2.05) is 13.8 Å². The molecule has 5 atom stereocenters. The van der Waals surface area contributed by atoms with Gasteiger partial charge in [-0.2, -0.15) is 0 Å². The highest BCUT2D eigenvalue weighted by atomic mass is 16.6. The topological polar surface area (TPSA) is 82.8 Å². The van der Waals surface area contributed by atoms with Crippen molar-refractivity contribution in [2.45, 2.75) is 73.5 Å². The molecule has 3 rings (SSSR count). The Bertz CT molecular complexity index is 892. The van der Waals surface area contributed by atoms with Crippen molar-refractivity contribution >= 4 is 17.7 Å². The van der Waals surface area contributed by atoms with Crippen LogP contribution >= 0.6 is 0 Å². The van der Waals surface area contributed by atoms with Gasteiger partial charge in [-0.05, 0) is 38.7 Å². The van der Waals surface area contributed by atoms with Crippen LogP contribution in [0.2, 0.25) is 0 Å². The Morgan fingerprint density at radius 2 is 1.97 bits per heavy atom. The standard InChI is InChI=1S/C24H32O6/c1-8-13(4)23(27)30-21-17-14(5)11-28-19(17)20(29-22(26)12(2)3)18-16(25)10-9-15(6)24(18,21)7/h8,11-12,15,18,20-21H,9-10H2,1-7H3/t15-,18+,20+,21+,24+/m0/s1. The van der Waals surface area contributed by atoms with Gasteiger partial charge >= 0.3 is 11.9 Å². The maximum absolute atomic E-state index is 13.2. The molecule has 6 nitrogen and oxygen atoms in total. The summed E-state index contributed by atoms with van der Waals surface area (Å²) in [7, 11) is 0. The lowest BCUT2D eigenvalue weighted by Gasteiger charge is -2.53. The number of allylic oxidation sites excluding steroid dienone is 1. The molecule has 1 saturated carbocycles. The lowest BCUT2D eigenvalue weighted by molar-refractivity contribution is -0.192. The summed E-state index contributed by atoms with van der Waals surface area (Å²) in [5.74, 6) is -1.26. The Labute approximate surface area is 178 Å². The first-order valence-electron chi connectivity index (χ1n) is 10.7. The quantitative estimate of drug-likeness (QED) is 0.507. The number of hydrogen-bond donors (Lipinski definition) is 0. The maximum Gasteiger partial charge on any atom is 0.334 e. The summed E-state index contributed by atoms with van der Waals surface area (Å²) >= 11 is 0. The van der Waals surface area contributed by atoms with Gasteiger partial charge in [0, 0.05) is 23.0 Å². The minimum Gasteiger partial charge on any atom is -0.465 e. The molecule has 1 aromatic heterocycles. The second kappa shape index (κ2) is 8.05. The molecule has 0 spiro atoms. The van der Waals surface area contributed by atoms with Crippen LogP contribution in [-0.4, -0.2) is 17.7 Å². The van der Waals surface area contributed by atoms with E-state index < -0.39 is 29.5 Å². The molecule has 6 heteroatoms. The van der Waals surface area contributed by atoms with Crippen molar-refractivity contribution in [1.82, 2.24) is 0 Å². The summed E-state index contributed by atoms with van der Waals surface area (Å²) < 4.78 is 17.7. The largest absolute Gasteiger partial charge is 0.465 e. The minimum absolute atomic E-state index is 0.0145. The fraction of sp³-hybridized carbons (Fsp3) is 0.625. The molecule has 0 N–H and O–H groups in total. The van der Waals surface area contributed by atoms with E-state index in [9.17, 15) is 14.4 Å². The van der Waals surface area contributed by atoms with E-state index in [0.717, 1.165) is 5.56 Å². The molecule has 1 fully saturated rings. The molecular weight excluding hydrogens is 384 g/mol. The Kier molecular flexibility index (Phi) is 5.99. The van der Waals surface area contributed by atoms with Crippen LogP contribution in [0.5, 0.6) is 0 Å². The van der Waals surface area contributed by atoms with Gasteiger partial charge in [-0.3, -0.25) is 9.59 Å². The third-order valence-corrected chi connectivity index (χ3v) is 7.04. The predicted molar refractivity (Wildman–Crippen MR) is 110 cm³/mol. The van der Waals surface area contributed by atoms with Crippen molar-refractivity contribution in [2.24, 2.45) is 23.2 Å². The number of aryl methyl sites for hydroxylation is 1. The zero-order valence-electron chi connectivity index (χ0n) is 18.9. The number of hydrogen-bond acceptors (Lipinski definition) is 6. The second-order valence-electron chi connectivity index (χ2n) is 9.22. The van der Waals surface area contributed by atoms with E-state index in [1.54, 1.807) is 40.0 Å². The molecule has 30 heavy (non-hydrogen) atoms. The molecule has 164 valence electrons. The summed E-state index contributed by atoms with van der Waals surface area (Å²) in [6.45, 7) is 12.9. The molecule has 1 aromatic rings. The number of rotatable bonds is 4. The highest BCUT2D eigenvalue weighted by Crippen LogP contribution is 2.62. The van der Waals surface area contributed by atoms with E-state index in [-0.39, 0.29) is 23.6 Å². The van der Waals surface area contributed by atoms with Gasteiger partial charge < -0.3 is 13.9 Å². The summed E-state index contributed by atoms with van der Waals surface area (Å²) in [6.07, 6.45) is 2.91. The van der Waals surface area contributed by atoms with E-state index in [4.69, 9.17) is 13.9 Å². The zero-order valence-corrected chi connectivity index (χ0v) is 18.9. The Morgan fingerprint density at radius 1 is 1.30 bits per heavy atom. The molecule has 1 heterocycles. The number of esters is 2. The van der Waals surface area contributed by atoms with Gasteiger partial charge in [0.05, 0.1) is 18.1 Å². The first-order chi connectivity index (χ1) is 14.0. The van der Waals surface area contributed by atoms with Gasteiger partial charge in [-0.25, -0.2) is 4.79 Å². The van der Waals surface area contributed by atoms with E-state index in [0.29, 0.717) is 29.7 Å². The van der Waals surface area contributed by atoms with Crippen molar-refractivity contribution < 1.29 is 28.3 Å². The van der Waals surface area contributed by atoms with Crippen LogP contribution in [0.3, 0.4) is 0 Å². The number of ether oxygens (including phenoxy) is 2. The fourth-order valence-corrected chi connectivity index (χ4v) is 4.77. The van der Waals surface area contributed by atoms with Crippen molar-refractivity contribution in [3.63, 3.8) is 0 Å². The molecule has 0 unspecified atom stereocenters. The van der Waals surface area contributed by atoms with Gasteiger partial charge in [0.1, 0.15) is 11.9 Å². The first-order valence-corrected chi connectivity index (χ1v) is 10.7. The minimum atomic E-state index is -0.818. The lowest BCUT2D eigenvalue weighted by Crippen LogP contribution is -2.54. The maximum atomic E-state index is 13.2. The van der Waals surface area contributed by atoms with Crippen LogP contribution in [0.1, 0.15) is 83.5 Å². The molecule has 0 saturated heterocycles. The van der Waals surface area contributed by atoms with Crippen LogP contribution in [0.25, 0.3) is 0 Å². The van der Waals surface area contributed by atoms with Crippen molar-refractivity contribution in [3.05, 3.63) is 34.8 Å². The number of ketones is 1. The summed E-state index contributed by atoms with van der Waals surface area (Å²) in [4.78, 5) is 38.5. The monoisotopic (exact) mass is 416 g/mol. The highest BCUT2D eigenvalue weighted by Gasteiger charge is 2.62. The number of carbonyl (C=O) groups excluding carboxylic acids is 3. The van der Waals surface area contributed by atoms with Crippen molar-refractivity contribution in [3.8, 4) is 0 Å². The Balaban J connectivity index is 2.19. The summed E-state index contributed by atoms with van der Waals surface area (Å²) in [5, 5.41) is 0. The average Bonchev–Trinajstić information content (AvgIpc) is 3.08. The molecular formula is C24H32O6. The summed E-state index contributed by atoms with van der Waals surface area (Å²) in [6, 6.07) is 0. The van der Waals surface area contributed by atoms with Crippen LogP contribution < -0.4 is 0 Å². The first kappa shape index (κ1) is 22.3. The smallest absolute Gasteiger partial charge is 0.334 e. The molecule has 0 amide bonds. The molecule has 0 bridgehead atoms. The SMILES string of the molecule is CC=C(C)C(=O)O[C@@H]1c2c(C)coc2[C@H](OC(=O)C(C)C)[C@H]2C(=O)CC[C@H](C)[C@@]12C. The third kappa shape index (κ3) is 3.40. The average molecular weight is 417 g/mol. The third-order valence-electron chi connectivity index (χ3n) is 7.04. The zero-order chi connectivity index (χ0) is 22.4. The second-order valence-corrected chi connectivity index (χ2v) is 9.22. The van der Waals surface area contributed by atoms with Gasteiger partial charge in [0.15, 0.2) is 11.9 Å². The van der Waals surface area contributed by atoms with E-state index >= 15 is 0 Å². The number of carbonyl (C=O) groups is 3. The van der Waals surface area contributed by atoms with Crippen LogP contribution in [0.15, 0.2) is 22.3 Å². The van der Waals surface area contributed by atoms with E-state index in [1.165, 1.54) is 0 Å². The fourth-order valence-electron chi connectivity index (χ4n) is 4.77. The molecule has 0 aromatic carbocycles. The van der Waals surface area contributed by atoms with E-state index in [2.05, 4.69) is 6.92 Å². The van der Waals surface area contributed by atoms with Gasteiger partial charge in [-0.1, -0.05) is 33.8 Å². The van der Waals surface area contributed by atoms with Gasteiger partial charge in [0.25, 0.3) is 0 Å². The molecule has 0 aliphatic heterocycles. The number of Topliss-reactive ketones (excluding diaryl/α,β-unsaturated/α-hetero) is 1. The Hall–Kier alpha value is -2.37. The molecule has 0 radical (unpaired) electrons. The predicted octanol–water partition coefficient (Wildman–Crippen LogP) is 5.01. The molecule has 2 aliphatic rings. The van der Waals surface area contributed by atoms with Crippen molar-refractivity contribution in [2.75, 3.05) is 0 Å². The number of fused-ring (bicyclic) bond motifs is 2. The number of furan rings is 1. The van der Waals surface area contributed by atoms with Crippen LogP contribution in [0.4, 0.5) is 0 Å².